The first-order valence-corrected chi connectivity index (χ1v) is 12.5. The van der Waals surface area contributed by atoms with Crippen molar-refractivity contribution in [2.45, 2.75) is 71.0 Å². The monoisotopic (exact) mass is 418 g/mol. The minimum absolute atomic E-state index is 0.575. The van der Waals surface area contributed by atoms with E-state index in [0.717, 1.165) is 31.6 Å². The third-order valence-corrected chi connectivity index (χ3v) is 7.37. The van der Waals surface area contributed by atoms with E-state index < -0.39 is 0 Å². The Morgan fingerprint density at radius 3 is 2.52 bits per heavy atom. The van der Waals surface area contributed by atoms with Crippen LogP contribution in [0.2, 0.25) is 0 Å². The van der Waals surface area contributed by atoms with Gasteiger partial charge in [-0.3, -0.25) is 9.89 Å². The zero-order valence-corrected chi connectivity index (χ0v) is 19.0. The highest BCUT2D eigenvalue weighted by Crippen LogP contribution is 2.29. The minimum Gasteiger partial charge on any atom is -0.357 e. The fraction of sp³-hybridized carbons (Fsp3) is 0.818. The topological polar surface area (TPSA) is 55.8 Å². The van der Waals surface area contributed by atoms with Gasteiger partial charge in [0.2, 0.25) is 0 Å². The molecule has 0 unspecified atom stereocenters. The zero-order valence-electron chi connectivity index (χ0n) is 18.2. The first kappa shape index (κ1) is 21.1. The Kier molecular flexibility index (Phi) is 7.43. The van der Waals surface area contributed by atoms with Gasteiger partial charge in [-0.15, -0.1) is 11.3 Å². The van der Waals surface area contributed by atoms with Crippen LogP contribution in [0.15, 0.2) is 10.4 Å². The molecule has 0 aromatic carbocycles. The number of aryl methyl sites for hydroxylation is 1. The van der Waals surface area contributed by atoms with E-state index in [0.29, 0.717) is 12.0 Å². The second-order valence-corrected chi connectivity index (χ2v) is 10.0. The fourth-order valence-corrected chi connectivity index (χ4v) is 5.22. The van der Waals surface area contributed by atoms with E-state index in [9.17, 15) is 0 Å². The number of nitrogens with zero attached hydrogens (tertiary/aromatic N) is 4. The second kappa shape index (κ2) is 10.2. The van der Waals surface area contributed by atoms with Gasteiger partial charge in [0.15, 0.2) is 5.96 Å². The van der Waals surface area contributed by atoms with Crippen LogP contribution in [-0.2, 0) is 6.54 Å². The molecule has 4 rings (SSSR count). The molecule has 1 aromatic rings. The molecule has 0 amide bonds. The molecule has 2 aliphatic heterocycles. The van der Waals surface area contributed by atoms with E-state index in [-0.39, 0.29) is 0 Å². The molecule has 2 saturated heterocycles. The number of aliphatic imine (C=N–C) groups is 1. The third-order valence-electron chi connectivity index (χ3n) is 6.54. The maximum Gasteiger partial charge on any atom is 0.191 e. The number of piperidine rings is 2. The van der Waals surface area contributed by atoms with Gasteiger partial charge >= 0.3 is 0 Å². The lowest BCUT2D eigenvalue weighted by Gasteiger charge is -2.33. The molecule has 29 heavy (non-hydrogen) atoms. The van der Waals surface area contributed by atoms with Crippen molar-refractivity contribution in [3.8, 4) is 0 Å². The van der Waals surface area contributed by atoms with Crippen LogP contribution < -0.4 is 10.6 Å². The second-order valence-electron chi connectivity index (χ2n) is 8.98. The Bertz CT molecular complexity index is 654. The van der Waals surface area contributed by atoms with Gasteiger partial charge in [0.25, 0.3) is 0 Å². The van der Waals surface area contributed by atoms with Gasteiger partial charge in [-0.2, -0.15) is 0 Å². The van der Waals surface area contributed by atoms with Crippen molar-refractivity contribution in [2.75, 3.05) is 39.3 Å². The average molecular weight is 419 g/mol. The van der Waals surface area contributed by atoms with Crippen molar-refractivity contribution >= 4 is 17.3 Å². The van der Waals surface area contributed by atoms with E-state index in [2.05, 4.69) is 44.6 Å². The van der Waals surface area contributed by atoms with Gasteiger partial charge in [0.05, 0.1) is 10.7 Å². The Morgan fingerprint density at radius 2 is 1.90 bits per heavy atom. The smallest absolute Gasteiger partial charge is 0.191 e. The SMILES string of the molecule is CCNC(=NCC1CCN(Cc2csc(C)n2)CC1)NC1CCN(C2CC2)CC1. The highest BCUT2D eigenvalue weighted by Gasteiger charge is 2.32. The first-order chi connectivity index (χ1) is 14.2. The normalized spacial score (nSPS) is 23.4. The van der Waals surface area contributed by atoms with E-state index in [1.807, 2.05) is 0 Å². The van der Waals surface area contributed by atoms with Gasteiger partial charge in [0.1, 0.15) is 0 Å². The third kappa shape index (κ3) is 6.40. The van der Waals surface area contributed by atoms with E-state index >= 15 is 0 Å². The molecular weight excluding hydrogens is 380 g/mol. The number of hydrogen-bond donors (Lipinski definition) is 2. The number of thiazole rings is 1. The highest BCUT2D eigenvalue weighted by molar-refractivity contribution is 7.09. The lowest BCUT2D eigenvalue weighted by Crippen LogP contribution is -2.49. The summed E-state index contributed by atoms with van der Waals surface area (Å²) >= 11 is 1.76. The van der Waals surface area contributed by atoms with Crippen molar-refractivity contribution in [1.82, 2.24) is 25.4 Å². The summed E-state index contributed by atoms with van der Waals surface area (Å²) in [5, 5.41) is 10.6. The molecule has 3 fully saturated rings. The Morgan fingerprint density at radius 1 is 1.14 bits per heavy atom. The number of aromatic nitrogens is 1. The maximum atomic E-state index is 4.96. The van der Waals surface area contributed by atoms with E-state index in [4.69, 9.17) is 4.99 Å². The summed E-state index contributed by atoms with van der Waals surface area (Å²) in [7, 11) is 0. The fourth-order valence-electron chi connectivity index (χ4n) is 4.62. The van der Waals surface area contributed by atoms with Crippen molar-refractivity contribution in [3.63, 3.8) is 0 Å². The Labute approximate surface area is 180 Å². The quantitative estimate of drug-likeness (QED) is 0.527. The zero-order chi connectivity index (χ0) is 20.1. The maximum absolute atomic E-state index is 4.96. The van der Waals surface area contributed by atoms with E-state index in [1.54, 1.807) is 11.3 Å². The van der Waals surface area contributed by atoms with Crippen LogP contribution in [0, 0.1) is 12.8 Å². The van der Waals surface area contributed by atoms with Crippen LogP contribution in [0.5, 0.6) is 0 Å². The van der Waals surface area contributed by atoms with Crippen LogP contribution in [0.3, 0.4) is 0 Å². The minimum atomic E-state index is 0.575. The number of likely N-dealkylation sites (tertiary alicyclic amines) is 2. The summed E-state index contributed by atoms with van der Waals surface area (Å²) in [6, 6.07) is 1.48. The molecule has 2 N–H and O–H groups in total. The molecule has 6 nitrogen and oxygen atoms in total. The van der Waals surface area contributed by atoms with Gasteiger partial charge in [-0.25, -0.2) is 4.98 Å². The molecular formula is C22H38N6S. The van der Waals surface area contributed by atoms with Gasteiger partial charge in [-0.05, 0) is 71.4 Å². The van der Waals surface area contributed by atoms with Gasteiger partial charge in [-0.1, -0.05) is 0 Å². The molecule has 1 aromatic heterocycles. The van der Waals surface area contributed by atoms with Crippen molar-refractivity contribution in [2.24, 2.45) is 10.9 Å². The van der Waals surface area contributed by atoms with Crippen LogP contribution in [0.25, 0.3) is 0 Å². The molecule has 3 aliphatic rings. The van der Waals surface area contributed by atoms with Crippen molar-refractivity contribution in [3.05, 3.63) is 16.1 Å². The van der Waals surface area contributed by atoms with Crippen LogP contribution in [0.4, 0.5) is 0 Å². The summed E-state index contributed by atoms with van der Waals surface area (Å²) in [5.41, 5.74) is 1.23. The lowest BCUT2D eigenvalue weighted by atomic mass is 9.97. The Hall–Kier alpha value is -1.18. The summed E-state index contributed by atoms with van der Waals surface area (Å²) in [4.78, 5) is 14.8. The molecule has 162 valence electrons. The number of rotatable bonds is 7. The summed E-state index contributed by atoms with van der Waals surface area (Å²) in [6.45, 7) is 12.0. The predicted molar refractivity (Wildman–Crippen MR) is 122 cm³/mol. The summed E-state index contributed by atoms with van der Waals surface area (Å²) < 4.78 is 0. The summed E-state index contributed by atoms with van der Waals surface area (Å²) in [5.74, 6) is 1.73. The molecule has 7 heteroatoms. The molecule has 3 heterocycles. The first-order valence-electron chi connectivity index (χ1n) is 11.6. The molecule has 0 spiro atoms. The van der Waals surface area contributed by atoms with Crippen LogP contribution >= 0.6 is 11.3 Å². The van der Waals surface area contributed by atoms with Gasteiger partial charge in [0, 0.05) is 50.2 Å². The van der Waals surface area contributed by atoms with Crippen molar-refractivity contribution < 1.29 is 0 Å². The summed E-state index contributed by atoms with van der Waals surface area (Å²) in [6.07, 6.45) is 7.82. The average Bonchev–Trinajstić information content (AvgIpc) is 3.50. The molecule has 0 atom stereocenters. The molecule has 1 aliphatic carbocycles. The van der Waals surface area contributed by atoms with Crippen LogP contribution in [-0.4, -0.2) is 72.1 Å². The largest absolute Gasteiger partial charge is 0.357 e. The molecule has 0 bridgehead atoms. The van der Waals surface area contributed by atoms with E-state index in [1.165, 1.54) is 75.4 Å². The predicted octanol–water partition coefficient (Wildman–Crippen LogP) is 2.85. The number of hydrogen-bond acceptors (Lipinski definition) is 5. The van der Waals surface area contributed by atoms with Gasteiger partial charge < -0.3 is 15.5 Å². The van der Waals surface area contributed by atoms with Crippen LogP contribution in [0.1, 0.15) is 56.2 Å². The lowest BCUT2D eigenvalue weighted by molar-refractivity contribution is 0.179. The standard InChI is InChI=1S/C22H38N6S/c1-3-23-22(26-19-8-12-28(13-9-19)21-4-5-21)24-14-18-6-10-27(11-7-18)15-20-16-29-17(2)25-20/h16,18-19,21H,3-15H2,1-2H3,(H2,23,24,26). The number of guanidine groups is 1. The molecule has 0 radical (unpaired) electrons. The number of nitrogens with one attached hydrogen (secondary N) is 2. The Balaban J connectivity index is 1.19. The highest BCUT2D eigenvalue weighted by atomic mass is 32.1. The van der Waals surface area contributed by atoms with Crippen molar-refractivity contribution in [1.29, 1.82) is 0 Å². The molecule has 1 saturated carbocycles.